The Morgan fingerprint density at radius 2 is 1.95 bits per heavy atom. The summed E-state index contributed by atoms with van der Waals surface area (Å²) in [7, 11) is 0. The number of oxazole rings is 1. The molecule has 2 N–H and O–H groups in total. The van der Waals surface area contributed by atoms with Gasteiger partial charge in [0.2, 0.25) is 0 Å². The molecule has 0 bridgehead atoms. The minimum atomic E-state index is 0.298. The fourth-order valence-electron chi connectivity index (χ4n) is 1.92. The van der Waals surface area contributed by atoms with Crippen LogP contribution in [-0.4, -0.2) is 4.98 Å². The van der Waals surface area contributed by atoms with Crippen LogP contribution in [0.4, 0.5) is 5.69 Å². The van der Waals surface area contributed by atoms with E-state index in [0.29, 0.717) is 16.2 Å². The van der Waals surface area contributed by atoms with Crippen LogP contribution < -0.4 is 5.73 Å². The Bertz CT molecular complexity index is 694. The number of thioether (sulfide) groups is 1. The SMILES string of the molecule is CC(Sc1nc2cc(N)ccc2o1)c1ccccc1. The molecule has 0 radical (unpaired) electrons. The van der Waals surface area contributed by atoms with Crippen molar-refractivity contribution >= 4 is 28.5 Å². The summed E-state index contributed by atoms with van der Waals surface area (Å²) in [6, 6.07) is 15.8. The molecule has 0 aliphatic rings. The molecule has 1 aromatic heterocycles. The number of nitrogen functional groups attached to an aromatic ring is 1. The fraction of sp³-hybridized carbons (Fsp3) is 0.133. The molecule has 3 nitrogen and oxygen atoms in total. The van der Waals surface area contributed by atoms with E-state index in [1.165, 1.54) is 5.56 Å². The number of nitrogens with two attached hydrogens (primary N) is 1. The number of fused-ring (bicyclic) bond motifs is 1. The predicted octanol–water partition coefficient (Wildman–Crippen LogP) is 4.26. The molecule has 0 saturated heterocycles. The van der Waals surface area contributed by atoms with Crippen molar-refractivity contribution in [2.75, 3.05) is 5.73 Å². The zero-order valence-corrected chi connectivity index (χ0v) is 11.4. The van der Waals surface area contributed by atoms with Crippen molar-refractivity contribution in [3.8, 4) is 0 Å². The number of anilines is 1. The number of hydrogen-bond acceptors (Lipinski definition) is 4. The first kappa shape index (κ1) is 12.1. The van der Waals surface area contributed by atoms with Crippen molar-refractivity contribution in [2.45, 2.75) is 17.4 Å². The summed E-state index contributed by atoms with van der Waals surface area (Å²) in [5, 5.41) is 0.976. The molecule has 1 atom stereocenters. The first-order valence-electron chi connectivity index (χ1n) is 6.10. The molecule has 0 aliphatic carbocycles. The number of rotatable bonds is 3. The lowest BCUT2D eigenvalue weighted by Gasteiger charge is -2.07. The Morgan fingerprint density at radius 1 is 1.16 bits per heavy atom. The van der Waals surface area contributed by atoms with E-state index in [-0.39, 0.29) is 0 Å². The van der Waals surface area contributed by atoms with E-state index in [9.17, 15) is 0 Å². The molecule has 3 rings (SSSR count). The average molecular weight is 270 g/mol. The zero-order chi connectivity index (χ0) is 13.2. The lowest BCUT2D eigenvalue weighted by Crippen LogP contribution is -1.87. The fourth-order valence-corrected chi connectivity index (χ4v) is 2.80. The van der Waals surface area contributed by atoms with E-state index >= 15 is 0 Å². The van der Waals surface area contributed by atoms with Gasteiger partial charge in [0.05, 0.1) is 0 Å². The van der Waals surface area contributed by atoms with Crippen LogP contribution in [0.2, 0.25) is 0 Å². The van der Waals surface area contributed by atoms with Crippen LogP contribution in [0.1, 0.15) is 17.7 Å². The number of nitrogens with zero attached hydrogens (tertiary/aromatic N) is 1. The van der Waals surface area contributed by atoms with Gasteiger partial charge >= 0.3 is 0 Å². The lowest BCUT2D eigenvalue weighted by atomic mass is 10.2. The maximum absolute atomic E-state index is 5.74. The van der Waals surface area contributed by atoms with Crippen LogP contribution in [-0.2, 0) is 0 Å². The quantitative estimate of drug-likeness (QED) is 0.570. The van der Waals surface area contributed by atoms with Crippen LogP contribution in [0.25, 0.3) is 11.1 Å². The second kappa shape index (κ2) is 4.97. The standard InChI is InChI=1S/C15H14N2OS/c1-10(11-5-3-2-4-6-11)19-15-17-13-9-12(16)7-8-14(13)18-15/h2-10H,16H2,1H3. The Balaban J connectivity index is 1.85. The molecule has 4 heteroatoms. The molecule has 2 aromatic carbocycles. The topological polar surface area (TPSA) is 52.0 Å². The van der Waals surface area contributed by atoms with Crippen molar-refractivity contribution in [3.05, 3.63) is 54.1 Å². The van der Waals surface area contributed by atoms with Crippen LogP contribution in [0.5, 0.6) is 0 Å². The Labute approximate surface area is 115 Å². The molecule has 96 valence electrons. The molecule has 0 aliphatic heterocycles. The van der Waals surface area contributed by atoms with Gasteiger partial charge in [0, 0.05) is 10.9 Å². The summed E-state index contributed by atoms with van der Waals surface area (Å²) in [6.07, 6.45) is 0. The molecule has 1 unspecified atom stereocenters. The summed E-state index contributed by atoms with van der Waals surface area (Å²) in [5.41, 5.74) is 9.28. The first-order chi connectivity index (χ1) is 9.22. The van der Waals surface area contributed by atoms with Crippen LogP contribution in [0.3, 0.4) is 0 Å². The third-order valence-corrected chi connectivity index (χ3v) is 3.94. The normalized spacial score (nSPS) is 12.7. The maximum atomic E-state index is 5.74. The summed E-state index contributed by atoms with van der Waals surface area (Å²) in [4.78, 5) is 4.46. The highest BCUT2D eigenvalue weighted by molar-refractivity contribution is 7.99. The van der Waals surface area contributed by atoms with Gasteiger partial charge in [-0.15, -0.1) is 0 Å². The Kier molecular flexibility index (Phi) is 3.17. The van der Waals surface area contributed by atoms with Crippen molar-refractivity contribution in [2.24, 2.45) is 0 Å². The second-order valence-corrected chi connectivity index (χ2v) is 5.67. The van der Waals surface area contributed by atoms with E-state index in [2.05, 4.69) is 24.0 Å². The molecular formula is C15H14N2OS. The van der Waals surface area contributed by atoms with Crippen molar-refractivity contribution in [3.63, 3.8) is 0 Å². The molecule has 0 saturated carbocycles. The zero-order valence-electron chi connectivity index (χ0n) is 10.5. The van der Waals surface area contributed by atoms with E-state index in [1.807, 2.05) is 36.4 Å². The number of benzene rings is 2. The molecular weight excluding hydrogens is 256 g/mol. The Morgan fingerprint density at radius 3 is 2.74 bits per heavy atom. The molecule has 0 amide bonds. The molecule has 0 fully saturated rings. The molecule has 1 heterocycles. The summed E-state index contributed by atoms with van der Waals surface area (Å²) in [6.45, 7) is 2.14. The molecule has 19 heavy (non-hydrogen) atoms. The summed E-state index contributed by atoms with van der Waals surface area (Å²) in [5.74, 6) is 0. The molecule has 3 aromatic rings. The van der Waals surface area contributed by atoms with Crippen molar-refractivity contribution in [1.29, 1.82) is 0 Å². The van der Waals surface area contributed by atoms with E-state index in [0.717, 1.165) is 11.1 Å². The largest absolute Gasteiger partial charge is 0.431 e. The van der Waals surface area contributed by atoms with Gasteiger partial charge in [-0.2, -0.15) is 0 Å². The highest BCUT2D eigenvalue weighted by Gasteiger charge is 2.12. The minimum absolute atomic E-state index is 0.298. The number of aromatic nitrogens is 1. The van der Waals surface area contributed by atoms with Crippen molar-refractivity contribution in [1.82, 2.24) is 4.98 Å². The second-order valence-electron chi connectivity index (χ2n) is 4.38. The van der Waals surface area contributed by atoms with Gasteiger partial charge in [0.15, 0.2) is 5.58 Å². The van der Waals surface area contributed by atoms with Gasteiger partial charge in [0.1, 0.15) is 5.52 Å². The maximum Gasteiger partial charge on any atom is 0.257 e. The van der Waals surface area contributed by atoms with E-state index in [4.69, 9.17) is 10.2 Å². The minimum Gasteiger partial charge on any atom is -0.431 e. The van der Waals surface area contributed by atoms with Gasteiger partial charge < -0.3 is 10.2 Å². The third-order valence-electron chi connectivity index (χ3n) is 2.94. The van der Waals surface area contributed by atoms with Crippen LogP contribution >= 0.6 is 11.8 Å². The van der Waals surface area contributed by atoms with Gasteiger partial charge in [-0.05, 0) is 30.7 Å². The smallest absolute Gasteiger partial charge is 0.257 e. The van der Waals surface area contributed by atoms with E-state index < -0.39 is 0 Å². The predicted molar refractivity (Wildman–Crippen MR) is 79.1 cm³/mol. The van der Waals surface area contributed by atoms with Gasteiger partial charge in [-0.25, -0.2) is 4.98 Å². The van der Waals surface area contributed by atoms with Gasteiger partial charge in [-0.3, -0.25) is 0 Å². The third kappa shape index (κ3) is 2.58. The number of hydrogen-bond donors (Lipinski definition) is 1. The van der Waals surface area contributed by atoms with Crippen LogP contribution in [0.15, 0.2) is 58.2 Å². The lowest BCUT2D eigenvalue weighted by molar-refractivity contribution is 0.488. The highest BCUT2D eigenvalue weighted by Crippen LogP contribution is 2.35. The summed E-state index contributed by atoms with van der Waals surface area (Å²) >= 11 is 1.61. The van der Waals surface area contributed by atoms with Gasteiger partial charge in [-0.1, -0.05) is 42.1 Å². The first-order valence-corrected chi connectivity index (χ1v) is 6.98. The monoisotopic (exact) mass is 270 g/mol. The molecule has 0 spiro atoms. The summed E-state index contributed by atoms with van der Waals surface area (Å²) < 4.78 is 5.71. The van der Waals surface area contributed by atoms with Crippen molar-refractivity contribution < 1.29 is 4.42 Å². The van der Waals surface area contributed by atoms with Gasteiger partial charge in [0.25, 0.3) is 5.22 Å². The average Bonchev–Trinajstić information content (AvgIpc) is 2.81. The highest BCUT2D eigenvalue weighted by atomic mass is 32.2. The van der Waals surface area contributed by atoms with E-state index in [1.54, 1.807) is 11.8 Å². The van der Waals surface area contributed by atoms with Crippen LogP contribution in [0, 0.1) is 0 Å². The Hall–Kier alpha value is -1.94.